The molecule has 2 aromatic carbocycles. The van der Waals surface area contributed by atoms with E-state index < -0.39 is 10.3 Å². The van der Waals surface area contributed by atoms with Crippen molar-refractivity contribution in [1.82, 2.24) is 25.3 Å². The number of thiazole rings is 1. The van der Waals surface area contributed by atoms with Gasteiger partial charge < -0.3 is 5.32 Å². The van der Waals surface area contributed by atoms with E-state index in [0.29, 0.717) is 12.2 Å². The summed E-state index contributed by atoms with van der Waals surface area (Å²) in [7, 11) is 0. The van der Waals surface area contributed by atoms with Crippen molar-refractivity contribution in [2.45, 2.75) is 27.3 Å². The number of amides is 1. The molecule has 168 valence electrons. The van der Waals surface area contributed by atoms with Crippen LogP contribution in [0.15, 0.2) is 48.7 Å². The molecule has 4 rings (SSSR count). The summed E-state index contributed by atoms with van der Waals surface area (Å²) < 4.78 is 2.44. The molecular weight excluding hydrogens is 440 g/mol. The smallest absolute Gasteiger partial charge is 0.270 e. The lowest BCUT2D eigenvalue weighted by molar-refractivity contribution is -0.384. The Bertz CT molecular complexity index is 1350. The molecule has 0 atom stereocenters. The second-order valence-electron chi connectivity index (χ2n) is 8.47. The molecule has 1 N–H and O–H groups in total. The van der Waals surface area contributed by atoms with E-state index in [1.807, 2.05) is 57.2 Å². The number of non-ortho nitro benzene ring substituents is 1. The van der Waals surface area contributed by atoms with E-state index in [0.717, 1.165) is 26.5 Å². The first-order valence-corrected chi connectivity index (χ1v) is 11.0. The van der Waals surface area contributed by atoms with Crippen LogP contribution in [0.2, 0.25) is 0 Å². The second-order valence-corrected chi connectivity index (χ2v) is 9.54. The molecule has 0 radical (unpaired) electrons. The van der Waals surface area contributed by atoms with Crippen LogP contribution < -0.4 is 5.32 Å². The summed E-state index contributed by atoms with van der Waals surface area (Å²) >= 11 is 1.40. The number of fused-ring (bicyclic) bond motifs is 1. The standard InChI is InChI=1S/C23H22N6O3S/c1-23(2,3)22(30)24-13-16-14-28(27-26-16)17-7-4-15(5-8-17)6-11-21-25-19-10-9-18(29(31)32)12-20(19)33-21/h4-12,14H,13H2,1-3H3,(H,24,30)/b11-6+. The molecule has 9 nitrogen and oxygen atoms in total. The van der Waals surface area contributed by atoms with Crippen LogP contribution in [0.4, 0.5) is 5.69 Å². The lowest BCUT2D eigenvalue weighted by atomic mass is 9.96. The first kappa shape index (κ1) is 22.3. The summed E-state index contributed by atoms with van der Waals surface area (Å²) in [5.41, 5.74) is 2.84. The monoisotopic (exact) mass is 462 g/mol. The number of nitrogens with zero attached hydrogens (tertiary/aromatic N) is 5. The van der Waals surface area contributed by atoms with Crippen LogP contribution in [0, 0.1) is 15.5 Å². The van der Waals surface area contributed by atoms with Crippen LogP contribution in [0.1, 0.15) is 37.0 Å². The highest BCUT2D eigenvalue weighted by molar-refractivity contribution is 7.19. The fourth-order valence-corrected chi connectivity index (χ4v) is 3.87. The highest BCUT2D eigenvalue weighted by atomic mass is 32.1. The van der Waals surface area contributed by atoms with Crippen molar-refractivity contribution in [3.8, 4) is 5.69 Å². The quantitative estimate of drug-likeness (QED) is 0.330. The van der Waals surface area contributed by atoms with Gasteiger partial charge in [-0.2, -0.15) is 0 Å². The van der Waals surface area contributed by atoms with Gasteiger partial charge in [0.25, 0.3) is 5.69 Å². The van der Waals surface area contributed by atoms with Gasteiger partial charge in [-0.05, 0) is 29.8 Å². The number of carbonyl (C=O) groups is 1. The normalized spacial score (nSPS) is 11.8. The van der Waals surface area contributed by atoms with Crippen molar-refractivity contribution in [1.29, 1.82) is 0 Å². The Morgan fingerprint density at radius 1 is 1.18 bits per heavy atom. The predicted octanol–water partition coefficient (Wildman–Crippen LogP) is 4.62. The van der Waals surface area contributed by atoms with Crippen molar-refractivity contribution >= 4 is 45.3 Å². The maximum absolute atomic E-state index is 12.0. The van der Waals surface area contributed by atoms with Gasteiger partial charge >= 0.3 is 0 Å². The van der Waals surface area contributed by atoms with E-state index in [2.05, 4.69) is 20.6 Å². The van der Waals surface area contributed by atoms with Gasteiger partial charge in [0, 0.05) is 17.5 Å². The van der Waals surface area contributed by atoms with E-state index in [1.54, 1.807) is 23.0 Å². The molecule has 2 aromatic heterocycles. The molecule has 0 aliphatic rings. The predicted molar refractivity (Wildman–Crippen MR) is 128 cm³/mol. The van der Waals surface area contributed by atoms with Crippen LogP contribution in [0.3, 0.4) is 0 Å². The summed E-state index contributed by atoms with van der Waals surface area (Å²) in [6.45, 7) is 5.90. The molecule has 1 amide bonds. The molecule has 0 bridgehead atoms. The Balaban J connectivity index is 1.42. The molecule has 0 fully saturated rings. The maximum atomic E-state index is 12.0. The lowest BCUT2D eigenvalue weighted by Gasteiger charge is -2.16. The minimum Gasteiger partial charge on any atom is -0.350 e. The van der Waals surface area contributed by atoms with Gasteiger partial charge in [-0.25, -0.2) is 9.67 Å². The second kappa shape index (κ2) is 8.91. The molecule has 0 aliphatic heterocycles. The first-order chi connectivity index (χ1) is 15.7. The number of nitro groups is 1. The molecule has 33 heavy (non-hydrogen) atoms. The van der Waals surface area contributed by atoms with Crippen molar-refractivity contribution in [3.05, 3.63) is 75.0 Å². The van der Waals surface area contributed by atoms with Gasteiger partial charge in [-0.15, -0.1) is 16.4 Å². The number of hydrogen-bond donors (Lipinski definition) is 1. The van der Waals surface area contributed by atoms with Crippen molar-refractivity contribution in [2.24, 2.45) is 5.41 Å². The highest BCUT2D eigenvalue weighted by Crippen LogP contribution is 2.27. The fourth-order valence-electron chi connectivity index (χ4n) is 2.96. The third-order valence-electron chi connectivity index (χ3n) is 4.83. The summed E-state index contributed by atoms with van der Waals surface area (Å²) in [5, 5.41) is 22.8. The minimum atomic E-state index is -0.456. The number of carbonyl (C=O) groups excluding carboxylic acids is 1. The third kappa shape index (κ3) is 5.29. The molecular formula is C23H22N6O3S. The summed E-state index contributed by atoms with van der Waals surface area (Å²) in [6.07, 6.45) is 5.61. The van der Waals surface area contributed by atoms with Gasteiger partial charge in [0.2, 0.25) is 5.91 Å². The Morgan fingerprint density at radius 3 is 2.64 bits per heavy atom. The summed E-state index contributed by atoms with van der Waals surface area (Å²) in [4.78, 5) is 27.0. The van der Waals surface area contributed by atoms with Gasteiger partial charge in [-0.3, -0.25) is 14.9 Å². The number of nitro benzene ring substituents is 1. The van der Waals surface area contributed by atoms with E-state index >= 15 is 0 Å². The van der Waals surface area contributed by atoms with Gasteiger partial charge in [-0.1, -0.05) is 44.2 Å². The Hall–Kier alpha value is -3.92. The molecule has 4 aromatic rings. The van der Waals surface area contributed by atoms with Crippen LogP contribution >= 0.6 is 11.3 Å². The van der Waals surface area contributed by atoms with Gasteiger partial charge in [0.15, 0.2) is 0 Å². The topological polar surface area (TPSA) is 116 Å². The van der Waals surface area contributed by atoms with E-state index in [1.165, 1.54) is 17.4 Å². The average Bonchev–Trinajstić information content (AvgIpc) is 3.41. The Labute approximate surface area is 193 Å². The zero-order chi connectivity index (χ0) is 23.6. The summed E-state index contributed by atoms with van der Waals surface area (Å²) in [6, 6.07) is 12.4. The van der Waals surface area contributed by atoms with Crippen LogP contribution in [0.5, 0.6) is 0 Å². The number of hydrogen-bond acceptors (Lipinski definition) is 7. The van der Waals surface area contributed by atoms with Gasteiger partial charge in [0.1, 0.15) is 10.7 Å². The molecule has 0 aliphatic carbocycles. The average molecular weight is 463 g/mol. The number of rotatable bonds is 6. The van der Waals surface area contributed by atoms with Crippen LogP contribution in [-0.4, -0.2) is 30.8 Å². The zero-order valence-corrected chi connectivity index (χ0v) is 19.2. The highest BCUT2D eigenvalue weighted by Gasteiger charge is 2.20. The van der Waals surface area contributed by atoms with Crippen LogP contribution in [0.25, 0.3) is 28.1 Å². The van der Waals surface area contributed by atoms with E-state index in [4.69, 9.17) is 0 Å². The third-order valence-corrected chi connectivity index (χ3v) is 5.81. The maximum Gasteiger partial charge on any atom is 0.270 e. The first-order valence-electron chi connectivity index (χ1n) is 10.2. The number of benzene rings is 2. The Kier molecular flexibility index (Phi) is 6.01. The van der Waals surface area contributed by atoms with Crippen LogP contribution in [-0.2, 0) is 11.3 Å². The molecule has 0 saturated heterocycles. The van der Waals surface area contributed by atoms with Crippen molar-refractivity contribution in [3.63, 3.8) is 0 Å². The number of nitrogens with one attached hydrogen (secondary N) is 1. The molecule has 0 unspecified atom stereocenters. The molecule has 0 saturated carbocycles. The summed E-state index contributed by atoms with van der Waals surface area (Å²) in [5.74, 6) is -0.0421. The fraction of sp³-hybridized carbons (Fsp3) is 0.217. The Morgan fingerprint density at radius 2 is 1.94 bits per heavy atom. The van der Waals surface area contributed by atoms with Crippen molar-refractivity contribution in [2.75, 3.05) is 0 Å². The van der Waals surface area contributed by atoms with E-state index in [-0.39, 0.29) is 11.6 Å². The van der Waals surface area contributed by atoms with Gasteiger partial charge in [0.05, 0.1) is 33.6 Å². The minimum absolute atomic E-state index is 0.0421. The van der Waals surface area contributed by atoms with E-state index in [9.17, 15) is 14.9 Å². The molecule has 10 heteroatoms. The van der Waals surface area contributed by atoms with Crippen molar-refractivity contribution < 1.29 is 9.72 Å². The zero-order valence-electron chi connectivity index (χ0n) is 18.3. The largest absolute Gasteiger partial charge is 0.350 e. The lowest BCUT2D eigenvalue weighted by Crippen LogP contribution is -2.34. The molecule has 2 heterocycles. The molecule has 0 spiro atoms. The number of aromatic nitrogens is 4. The SMILES string of the molecule is CC(C)(C)C(=O)NCc1cn(-c2ccc(/C=C/c3nc4ccc([N+](=O)[O-])cc4s3)cc2)nn1.